The number of carbonyl (C=O) groups excluding carboxylic acids is 4. The molecule has 20 nitrogen and oxygen atoms in total. The Morgan fingerprint density at radius 1 is 0.768 bits per heavy atom. The summed E-state index contributed by atoms with van der Waals surface area (Å²) >= 11 is 2.17. The first-order chi connectivity index (χ1) is 38.7. The lowest BCUT2D eigenvalue weighted by atomic mass is 9.33. The number of hydrogen-bond donors (Lipinski definition) is 10. The van der Waals surface area contributed by atoms with Crippen molar-refractivity contribution in [3.8, 4) is 0 Å². The summed E-state index contributed by atoms with van der Waals surface area (Å²) in [6.07, 6.45) is -6.92. The predicted octanol–water partition coefficient (Wildman–Crippen LogP) is 3.95. The molecule has 0 spiro atoms. The number of aliphatic hydroxyl groups is 8. The normalized spacial score (nSPS) is 45.2. The molecule has 4 saturated carbocycles. The van der Waals surface area contributed by atoms with E-state index < -0.39 is 128 Å². The lowest BCUT2D eigenvalue weighted by Gasteiger charge is -2.71. The molecule has 1 aromatic carbocycles. The van der Waals surface area contributed by atoms with Crippen molar-refractivity contribution in [2.45, 2.75) is 224 Å². The van der Waals surface area contributed by atoms with Crippen LogP contribution in [-0.4, -0.2) is 177 Å². The second-order valence-corrected chi connectivity index (χ2v) is 28.4. The van der Waals surface area contributed by atoms with E-state index >= 15 is 4.79 Å². The number of unbranched alkanes of at least 4 members (excludes halogenated alkanes) is 2. The van der Waals surface area contributed by atoms with Crippen LogP contribution in [0.25, 0.3) is 0 Å². The third-order valence-corrected chi connectivity index (χ3v) is 22.8. The van der Waals surface area contributed by atoms with Gasteiger partial charge in [0, 0.05) is 22.1 Å². The summed E-state index contributed by atoms with van der Waals surface area (Å²) in [5.41, 5.74) is -0.991. The van der Waals surface area contributed by atoms with Crippen LogP contribution in [0.3, 0.4) is 0 Å². The third-order valence-electron chi connectivity index (χ3n) is 22.1. The highest BCUT2D eigenvalue weighted by Crippen LogP contribution is 2.76. The van der Waals surface area contributed by atoms with Crippen LogP contribution in [0.5, 0.6) is 0 Å². The zero-order valence-electron chi connectivity index (χ0n) is 48.6. The number of benzene rings is 1. The van der Waals surface area contributed by atoms with Crippen LogP contribution in [-0.2, 0) is 42.8 Å². The highest BCUT2D eigenvalue weighted by Gasteiger charge is 2.70. The second kappa shape index (κ2) is 24.8. The summed E-state index contributed by atoms with van der Waals surface area (Å²) in [5, 5.41) is 94.2. The Bertz CT molecular complexity index is 2490. The molecule has 1 aromatic rings. The molecule has 8 aliphatic rings. The molecule has 21 heteroatoms. The molecule has 3 saturated heterocycles. The van der Waals surface area contributed by atoms with E-state index in [1.807, 2.05) is 19.1 Å². The molecule has 3 heterocycles. The maximum atomic E-state index is 15.7. The lowest BCUT2D eigenvalue weighted by Crippen LogP contribution is -2.68. The topological polar surface area (TPSA) is 310 Å². The third kappa shape index (κ3) is 11.5. The summed E-state index contributed by atoms with van der Waals surface area (Å²) in [4.78, 5) is 54.9. The fraction of sp³-hybridized carbons (Fsp3) is 0.803. The Labute approximate surface area is 495 Å². The smallest absolute Gasteiger partial charge is 0.315 e. The fourth-order valence-corrected chi connectivity index (χ4v) is 17.1. The zero-order chi connectivity index (χ0) is 59.5. The minimum atomic E-state index is -1.74. The average molecular weight is 1270 g/mol. The first-order valence-electron chi connectivity index (χ1n) is 30.0. The number of aldehydes is 1. The standard InChI is InChI=1S/C61H91IN2O18/c1-32-49(80-53-48(74)46(72)38(68)30-77-53)45(71)35(28-65)52(78-32)81-50-47(73)44(64-43(70)11-9-8-10-26-63-51(75)33-12-14-34(62)15-13-33)39(29-66)79-54(50)82-55(76)61-24-22-56(2,3)27-37(61)36-16-17-41-57(4)20-19-42(69)58(5,31-67)40(57)18-21-60(41,7)59(36,6)23-25-61/h12-16,31-32,35,37-42,44-50,52-54,65-66,68-69,71-74H,8-11,17-30H2,1-7H3,(H,63,75)(H,64,70)/t32?,35?,37?,38-,39?,40?,41?,42+,44+,45+,46?,47?,48?,49+,50?,52+,53+,54+,57?,58?,59?,60?,61+/m1/s1. The number of hydrogen-bond acceptors (Lipinski definition) is 18. The predicted molar refractivity (Wildman–Crippen MR) is 304 cm³/mol. The van der Waals surface area contributed by atoms with E-state index in [2.05, 4.69) is 73.9 Å². The van der Waals surface area contributed by atoms with Crippen molar-refractivity contribution in [3.63, 3.8) is 0 Å². The molecular weight excluding hydrogens is 1180 g/mol. The molecule has 82 heavy (non-hydrogen) atoms. The SMILES string of the molecule is CC1O[C@@H](OC2C(O)[C@@H](NC(=O)CCCCCNC(=O)c3ccc(I)cc3)C(CO)O[C@H]2OC(=O)[C@]23CCC(C)(C)CC2C2=CCC4C5(C)CC[C@H](O)C(C)(C=O)C5CCC4(C)C2(C)CC3)C(CO)[C@H](O)[C@H]1O[C@@H]1OC[C@@H](O)C(O)C1O. The van der Waals surface area contributed by atoms with Gasteiger partial charge in [-0.1, -0.05) is 59.6 Å². The van der Waals surface area contributed by atoms with Gasteiger partial charge in [0.1, 0.15) is 42.9 Å². The molecule has 0 aromatic heterocycles. The molecule has 0 bridgehead atoms. The maximum absolute atomic E-state index is 15.7. The molecule has 3 aliphatic heterocycles. The minimum Gasteiger partial charge on any atom is -0.432 e. The van der Waals surface area contributed by atoms with Gasteiger partial charge in [0.25, 0.3) is 5.91 Å². The molecule has 460 valence electrons. The number of aliphatic hydroxyl groups excluding tert-OH is 8. The fourth-order valence-electron chi connectivity index (χ4n) is 16.8. The van der Waals surface area contributed by atoms with Crippen LogP contribution in [0, 0.1) is 59.7 Å². The molecule has 14 unspecified atom stereocenters. The molecule has 2 amide bonds. The van der Waals surface area contributed by atoms with E-state index in [0.29, 0.717) is 69.9 Å². The van der Waals surface area contributed by atoms with Gasteiger partial charge >= 0.3 is 5.97 Å². The van der Waals surface area contributed by atoms with Crippen LogP contribution in [0.15, 0.2) is 35.9 Å². The highest BCUT2D eigenvalue weighted by atomic mass is 127. The van der Waals surface area contributed by atoms with Gasteiger partial charge in [-0.2, -0.15) is 0 Å². The Hall–Kier alpha value is -2.75. The monoisotopic (exact) mass is 1270 g/mol. The van der Waals surface area contributed by atoms with E-state index in [0.717, 1.165) is 35.5 Å². The number of ether oxygens (including phenoxy) is 6. The number of halogens is 1. The van der Waals surface area contributed by atoms with Crippen molar-refractivity contribution in [3.05, 3.63) is 45.0 Å². The first-order valence-corrected chi connectivity index (χ1v) is 31.0. The van der Waals surface area contributed by atoms with Crippen molar-refractivity contribution >= 4 is 46.7 Å². The minimum absolute atomic E-state index is 0.0189. The van der Waals surface area contributed by atoms with Gasteiger partial charge in [-0.15, -0.1) is 0 Å². The molecule has 23 atom stereocenters. The lowest BCUT2D eigenvalue weighted by molar-refractivity contribution is -0.365. The molecule has 10 N–H and O–H groups in total. The molecule has 0 radical (unpaired) electrons. The molecular formula is C61H91IN2O18. The van der Waals surface area contributed by atoms with Crippen LogP contribution in [0.1, 0.15) is 149 Å². The summed E-state index contributed by atoms with van der Waals surface area (Å²) < 4.78 is 38.3. The number of nitrogens with one attached hydrogen (secondary N) is 2. The van der Waals surface area contributed by atoms with E-state index in [-0.39, 0.29) is 58.3 Å². The van der Waals surface area contributed by atoms with Crippen LogP contribution in [0.2, 0.25) is 0 Å². The molecule has 5 aliphatic carbocycles. The molecule has 7 fully saturated rings. The number of rotatable bonds is 17. The Morgan fingerprint density at radius 3 is 2.17 bits per heavy atom. The van der Waals surface area contributed by atoms with Gasteiger partial charge in [-0.05, 0) is 170 Å². The van der Waals surface area contributed by atoms with E-state index in [1.165, 1.54) is 12.5 Å². The van der Waals surface area contributed by atoms with Crippen LogP contribution < -0.4 is 10.6 Å². The summed E-state index contributed by atoms with van der Waals surface area (Å²) in [7, 11) is 0. The van der Waals surface area contributed by atoms with Gasteiger partial charge in [-0.3, -0.25) is 14.4 Å². The van der Waals surface area contributed by atoms with Gasteiger partial charge < -0.3 is 84.7 Å². The van der Waals surface area contributed by atoms with Gasteiger partial charge in [0.15, 0.2) is 18.7 Å². The number of amides is 2. The Morgan fingerprint density at radius 2 is 1.48 bits per heavy atom. The number of esters is 1. The zero-order valence-corrected chi connectivity index (χ0v) is 50.8. The second-order valence-electron chi connectivity index (χ2n) is 27.2. The van der Waals surface area contributed by atoms with Crippen molar-refractivity contribution in [2.75, 3.05) is 26.4 Å². The van der Waals surface area contributed by atoms with Crippen LogP contribution >= 0.6 is 22.6 Å². The van der Waals surface area contributed by atoms with Gasteiger partial charge in [-0.25, -0.2) is 0 Å². The van der Waals surface area contributed by atoms with Crippen LogP contribution in [0.4, 0.5) is 0 Å². The highest BCUT2D eigenvalue weighted by molar-refractivity contribution is 14.1. The van der Waals surface area contributed by atoms with Gasteiger partial charge in [0.05, 0.1) is 60.9 Å². The summed E-state index contributed by atoms with van der Waals surface area (Å²) in [6.45, 7) is 13.6. The van der Waals surface area contributed by atoms with Gasteiger partial charge in [0.2, 0.25) is 12.2 Å². The Kier molecular flexibility index (Phi) is 19.3. The summed E-state index contributed by atoms with van der Waals surface area (Å²) in [5.74, 6) is -2.56. The van der Waals surface area contributed by atoms with Crippen molar-refractivity contribution < 1.29 is 88.5 Å². The van der Waals surface area contributed by atoms with E-state index in [1.54, 1.807) is 12.1 Å². The first kappa shape index (κ1) is 63.7. The number of allylic oxidation sites excluding steroid dienone is 2. The van der Waals surface area contributed by atoms with Crippen molar-refractivity contribution in [1.29, 1.82) is 0 Å². The average Bonchev–Trinajstić information content (AvgIpc) is 3.54. The van der Waals surface area contributed by atoms with E-state index in [9.17, 15) is 55.2 Å². The van der Waals surface area contributed by atoms with E-state index in [4.69, 9.17) is 28.4 Å². The number of fused-ring (bicyclic) bond motifs is 7. The van der Waals surface area contributed by atoms with Crippen molar-refractivity contribution in [1.82, 2.24) is 10.6 Å². The quantitative estimate of drug-likeness (QED) is 0.0347. The Balaban J connectivity index is 0.959. The summed E-state index contributed by atoms with van der Waals surface area (Å²) in [6, 6.07) is 5.88. The van der Waals surface area contributed by atoms with Crippen molar-refractivity contribution in [2.24, 2.45) is 56.2 Å². The maximum Gasteiger partial charge on any atom is 0.315 e. The largest absolute Gasteiger partial charge is 0.432 e. The number of carbonyl (C=O) groups is 4. The molecule has 9 rings (SSSR count).